The number of thioether (sulfide) groups is 1. The van der Waals surface area contributed by atoms with Crippen molar-refractivity contribution in [3.05, 3.63) is 89.0 Å². The number of nitrogens with zero attached hydrogens (tertiary/aromatic N) is 1. The number of halogens is 1. The van der Waals surface area contributed by atoms with Gasteiger partial charge < -0.3 is 9.84 Å². The smallest absolute Gasteiger partial charge is 0.180 e. The molecule has 3 aromatic carbocycles. The molecule has 0 saturated carbocycles. The largest absolute Gasteiger partial charge is 0.507 e. The first-order valence-corrected chi connectivity index (χ1v) is 12.9. The number of aromatic hydroxyl groups is 1. The van der Waals surface area contributed by atoms with Crippen molar-refractivity contribution in [1.82, 2.24) is 4.90 Å². The molecule has 2 atom stereocenters. The van der Waals surface area contributed by atoms with E-state index in [9.17, 15) is 14.3 Å². The van der Waals surface area contributed by atoms with E-state index in [1.54, 1.807) is 6.07 Å². The van der Waals surface area contributed by atoms with Crippen molar-refractivity contribution < 1.29 is 19.0 Å². The average molecular weight is 494 g/mol. The highest BCUT2D eigenvalue weighted by atomic mass is 32.2. The quantitative estimate of drug-likeness (QED) is 0.257. The number of rotatable bonds is 10. The summed E-state index contributed by atoms with van der Waals surface area (Å²) in [5.41, 5.74) is 3.64. The number of aryl methyl sites for hydroxylation is 2. The lowest BCUT2D eigenvalue weighted by molar-refractivity contribution is 0.0989. The van der Waals surface area contributed by atoms with Gasteiger partial charge in [-0.1, -0.05) is 35.9 Å². The molecule has 1 heterocycles. The first-order valence-electron chi connectivity index (χ1n) is 12.0. The molecule has 1 aliphatic heterocycles. The van der Waals surface area contributed by atoms with E-state index in [2.05, 4.69) is 4.90 Å². The topological polar surface area (TPSA) is 49.8 Å². The lowest BCUT2D eigenvalue weighted by Gasteiger charge is -2.18. The van der Waals surface area contributed by atoms with E-state index in [1.807, 2.05) is 74.5 Å². The van der Waals surface area contributed by atoms with Gasteiger partial charge in [-0.3, -0.25) is 14.1 Å². The lowest BCUT2D eigenvalue weighted by Crippen LogP contribution is -2.26. The standard InChI is InChI=1S/C29H32FNO3S/c1-20-4-7-23(8-5-20)29(35-27-18-21(2)6-13-26(27)32)28(33)22-9-11-24(12-10-22)34-25-14-17-31(19-25)16-3-15-30/h4-13,18,25,29,32H,3,14-17,19H2,1-2H3/t25-,29?/m0/s1. The fraction of sp³-hybridized carbons (Fsp3) is 0.345. The van der Waals surface area contributed by atoms with Crippen LogP contribution in [0.5, 0.6) is 11.5 Å². The highest BCUT2D eigenvalue weighted by molar-refractivity contribution is 8.00. The predicted octanol–water partition coefficient (Wildman–Crippen LogP) is 6.54. The molecule has 3 aromatic rings. The highest BCUT2D eigenvalue weighted by Gasteiger charge is 2.26. The Kier molecular flexibility index (Phi) is 8.47. The van der Waals surface area contributed by atoms with Crippen LogP contribution in [0.15, 0.2) is 71.6 Å². The average Bonchev–Trinajstić information content (AvgIpc) is 3.31. The van der Waals surface area contributed by atoms with Crippen molar-refractivity contribution in [1.29, 1.82) is 0 Å². The zero-order chi connectivity index (χ0) is 24.8. The molecule has 0 spiro atoms. The number of phenolic OH excluding ortho intramolecular Hbond substituents is 1. The van der Waals surface area contributed by atoms with Crippen LogP contribution in [0, 0.1) is 13.8 Å². The van der Waals surface area contributed by atoms with Crippen LogP contribution in [0.4, 0.5) is 4.39 Å². The Morgan fingerprint density at radius 3 is 2.51 bits per heavy atom. The van der Waals surface area contributed by atoms with Crippen molar-refractivity contribution >= 4 is 17.5 Å². The minimum absolute atomic E-state index is 0.0235. The molecule has 1 saturated heterocycles. The zero-order valence-corrected chi connectivity index (χ0v) is 21.1. The van der Waals surface area contributed by atoms with Crippen LogP contribution >= 0.6 is 11.8 Å². The summed E-state index contributed by atoms with van der Waals surface area (Å²) >= 11 is 1.37. The first kappa shape index (κ1) is 25.3. The van der Waals surface area contributed by atoms with Crippen molar-refractivity contribution in [2.75, 3.05) is 26.3 Å². The number of carbonyl (C=O) groups is 1. The summed E-state index contributed by atoms with van der Waals surface area (Å²) in [7, 11) is 0. The predicted molar refractivity (Wildman–Crippen MR) is 139 cm³/mol. The molecule has 35 heavy (non-hydrogen) atoms. The number of phenols is 1. The molecular formula is C29H32FNO3S. The third kappa shape index (κ3) is 6.65. The second-order valence-corrected chi connectivity index (χ2v) is 10.3. The minimum Gasteiger partial charge on any atom is -0.507 e. The van der Waals surface area contributed by atoms with Gasteiger partial charge in [0.25, 0.3) is 0 Å². The van der Waals surface area contributed by atoms with E-state index in [-0.39, 0.29) is 24.3 Å². The Hall–Kier alpha value is -2.83. The van der Waals surface area contributed by atoms with Crippen molar-refractivity contribution in [2.45, 2.75) is 42.9 Å². The van der Waals surface area contributed by atoms with Crippen molar-refractivity contribution in [3.63, 3.8) is 0 Å². The molecule has 0 amide bonds. The third-order valence-electron chi connectivity index (χ3n) is 6.26. The number of carbonyl (C=O) groups excluding carboxylic acids is 1. The fourth-order valence-corrected chi connectivity index (χ4v) is 5.51. The summed E-state index contributed by atoms with van der Waals surface area (Å²) in [4.78, 5) is 16.6. The SMILES string of the molecule is Cc1ccc(C(Sc2cc(C)ccc2O)C(=O)c2ccc(O[C@H]3CCN(CCCF)C3)cc2)cc1. The van der Waals surface area contributed by atoms with Gasteiger partial charge in [-0.2, -0.15) is 0 Å². The molecule has 6 heteroatoms. The van der Waals surface area contributed by atoms with Gasteiger partial charge in [-0.25, -0.2) is 0 Å². The van der Waals surface area contributed by atoms with Gasteiger partial charge in [-0.15, -0.1) is 11.8 Å². The van der Waals surface area contributed by atoms with E-state index in [4.69, 9.17) is 4.74 Å². The molecule has 0 bridgehead atoms. The maximum absolute atomic E-state index is 13.6. The van der Waals surface area contributed by atoms with Crippen LogP contribution in [0.1, 0.15) is 45.1 Å². The Balaban J connectivity index is 1.49. The number of hydrogen-bond acceptors (Lipinski definition) is 5. The van der Waals surface area contributed by atoms with Gasteiger partial charge >= 0.3 is 0 Å². The number of benzene rings is 3. The van der Waals surface area contributed by atoms with Crippen LogP contribution in [0.25, 0.3) is 0 Å². The first-order chi connectivity index (χ1) is 16.9. The van der Waals surface area contributed by atoms with Crippen LogP contribution in [0.3, 0.4) is 0 Å². The maximum atomic E-state index is 13.6. The van der Waals surface area contributed by atoms with E-state index in [0.717, 1.165) is 48.5 Å². The van der Waals surface area contributed by atoms with Gasteiger partial charge in [0, 0.05) is 25.2 Å². The minimum atomic E-state index is -0.492. The number of ether oxygens (including phenoxy) is 1. The van der Waals surface area contributed by atoms with Gasteiger partial charge in [0.2, 0.25) is 0 Å². The lowest BCUT2D eigenvalue weighted by atomic mass is 10.0. The van der Waals surface area contributed by atoms with E-state index >= 15 is 0 Å². The number of hydrogen-bond donors (Lipinski definition) is 1. The summed E-state index contributed by atoms with van der Waals surface area (Å²) in [5, 5.41) is 9.90. The van der Waals surface area contributed by atoms with E-state index in [1.165, 1.54) is 11.8 Å². The molecule has 1 fully saturated rings. The van der Waals surface area contributed by atoms with Crippen molar-refractivity contribution in [3.8, 4) is 11.5 Å². The Morgan fingerprint density at radius 2 is 1.80 bits per heavy atom. The molecule has 184 valence electrons. The van der Waals surface area contributed by atoms with Crippen LogP contribution < -0.4 is 4.74 Å². The molecule has 1 unspecified atom stereocenters. The van der Waals surface area contributed by atoms with Gasteiger partial charge in [0.05, 0.1) is 16.8 Å². The molecule has 1 N–H and O–H groups in total. The molecule has 4 rings (SSSR count). The summed E-state index contributed by atoms with van der Waals surface area (Å²) in [5.74, 6) is 0.880. The number of Topliss-reactive ketones (excluding diaryl/α,β-unsaturated/α-hetero) is 1. The van der Waals surface area contributed by atoms with Crippen molar-refractivity contribution in [2.24, 2.45) is 0 Å². The Bertz CT molecular complexity index is 1130. The molecular weight excluding hydrogens is 461 g/mol. The molecule has 0 radical (unpaired) electrons. The monoisotopic (exact) mass is 493 g/mol. The summed E-state index contributed by atoms with van der Waals surface area (Å²) < 4.78 is 18.6. The van der Waals surface area contributed by atoms with Crippen LogP contribution in [0.2, 0.25) is 0 Å². The summed E-state index contributed by atoms with van der Waals surface area (Å²) in [6, 6.07) is 20.7. The van der Waals surface area contributed by atoms with E-state index < -0.39 is 5.25 Å². The Morgan fingerprint density at radius 1 is 1.09 bits per heavy atom. The second kappa shape index (κ2) is 11.7. The molecule has 1 aliphatic rings. The zero-order valence-electron chi connectivity index (χ0n) is 20.2. The summed E-state index contributed by atoms with van der Waals surface area (Å²) in [6.07, 6.45) is 1.56. The second-order valence-electron chi connectivity index (χ2n) is 9.14. The van der Waals surface area contributed by atoms with E-state index in [0.29, 0.717) is 16.9 Å². The number of alkyl halides is 1. The summed E-state index contributed by atoms with van der Waals surface area (Å²) in [6.45, 7) is 6.18. The maximum Gasteiger partial charge on any atom is 0.180 e. The normalized spacial score (nSPS) is 16.8. The number of likely N-dealkylation sites (tertiary alicyclic amines) is 1. The van der Waals surface area contributed by atoms with Crippen LogP contribution in [-0.2, 0) is 0 Å². The van der Waals surface area contributed by atoms with Gasteiger partial charge in [-0.05, 0) is 74.2 Å². The van der Waals surface area contributed by atoms with Crippen LogP contribution in [-0.4, -0.2) is 48.2 Å². The molecule has 0 aliphatic carbocycles. The third-order valence-corrected chi connectivity index (χ3v) is 7.56. The molecule has 0 aromatic heterocycles. The highest BCUT2D eigenvalue weighted by Crippen LogP contribution is 2.42. The molecule has 4 nitrogen and oxygen atoms in total. The number of ketones is 1. The fourth-order valence-electron chi connectivity index (χ4n) is 4.28. The van der Waals surface area contributed by atoms with Gasteiger partial charge in [0.1, 0.15) is 17.6 Å². The Labute approximate surface area is 211 Å². The van der Waals surface area contributed by atoms with Gasteiger partial charge in [0.15, 0.2) is 5.78 Å².